The van der Waals surface area contributed by atoms with Crippen molar-refractivity contribution in [3.05, 3.63) is 82.4 Å². The maximum Gasteiger partial charge on any atom is 0.205 e. The van der Waals surface area contributed by atoms with Crippen molar-refractivity contribution in [2.24, 2.45) is 5.73 Å². The molecule has 1 aliphatic carbocycles. The molecule has 0 radical (unpaired) electrons. The predicted molar refractivity (Wildman–Crippen MR) is 111 cm³/mol. The number of hydrogen-bond donors (Lipinski definition) is 1. The summed E-state index contributed by atoms with van der Waals surface area (Å²) < 4.78 is 16.5. The fraction of sp³-hybridized carbons (Fsp3) is 0.250. The first-order chi connectivity index (χ1) is 14.6. The van der Waals surface area contributed by atoms with E-state index in [2.05, 4.69) is 6.07 Å². The number of nitrogens with zero attached hydrogens (tertiary/aromatic N) is 1. The largest absolute Gasteiger partial charge is 0.493 e. The Balaban J connectivity index is 1.74. The molecular weight excluding hydrogens is 380 g/mol. The number of allylic oxidation sites excluding steroid dienone is 3. The van der Waals surface area contributed by atoms with Crippen LogP contribution in [-0.4, -0.2) is 20.0 Å². The van der Waals surface area contributed by atoms with Crippen LogP contribution in [0.1, 0.15) is 35.8 Å². The van der Waals surface area contributed by atoms with Gasteiger partial charge in [-0.1, -0.05) is 36.4 Å². The number of ketones is 1. The lowest BCUT2D eigenvalue weighted by Gasteiger charge is -2.34. The monoisotopic (exact) mass is 402 g/mol. The molecule has 2 aromatic rings. The first-order valence-corrected chi connectivity index (χ1v) is 9.68. The van der Waals surface area contributed by atoms with Gasteiger partial charge in [-0.05, 0) is 29.2 Å². The zero-order valence-corrected chi connectivity index (χ0v) is 16.8. The van der Waals surface area contributed by atoms with Crippen molar-refractivity contribution in [1.29, 1.82) is 5.26 Å². The predicted octanol–water partition coefficient (Wildman–Crippen LogP) is 3.91. The van der Waals surface area contributed by atoms with Gasteiger partial charge in [-0.2, -0.15) is 5.26 Å². The maximum absolute atomic E-state index is 13.3. The average Bonchev–Trinajstić information content (AvgIpc) is 2.78. The Morgan fingerprint density at radius 3 is 2.43 bits per heavy atom. The van der Waals surface area contributed by atoms with E-state index < -0.39 is 5.92 Å². The molecule has 2 N–H and O–H groups in total. The molecule has 2 atom stereocenters. The molecule has 0 bridgehead atoms. The Labute approximate surface area is 175 Å². The van der Waals surface area contributed by atoms with Crippen molar-refractivity contribution in [2.45, 2.75) is 24.7 Å². The van der Waals surface area contributed by atoms with Gasteiger partial charge < -0.3 is 19.9 Å². The van der Waals surface area contributed by atoms with Gasteiger partial charge in [0.2, 0.25) is 5.88 Å². The van der Waals surface area contributed by atoms with E-state index in [9.17, 15) is 10.1 Å². The second-order valence-corrected chi connectivity index (χ2v) is 7.32. The molecular formula is C24H22N2O4. The van der Waals surface area contributed by atoms with Gasteiger partial charge in [-0.15, -0.1) is 0 Å². The van der Waals surface area contributed by atoms with Crippen LogP contribution >= 0.6 is 0 Å². The Bertz CT molecular complexity index is 1100. The molecule has 6 heteroatoms. The molecule has 0 spiro atoms. The van der Waals surface area contributed by atoms with Gasteiger partial charge in [0, 0.05) is 18.4 Å². The Morgan fingerprint density at radius 2 is 1.77 bits per heavy atom. The summed E-state index contributed by atoms with van der Waals surface area (Å²) in [6.07, 6.45) is 0.832. The van der Waals surface area contributed by atoms with Gasteiger partial charge in [0.05, 0.1) is 20.1 Å². The molecule has 30 heavy (non-hydrogen) atoms. The molecule has 0 saturated heterocycles. The summed E-state index contributed by atoms with van der Waals surface area (Å²) in [4.78, 5) is 13.3. The van der Waals surface area contributed by atoms with E-state index in [1.165, 1.54) is 0 Å². The molecule has 2 aliphatic rings. The summed E-state index contributed by atoms with van der Waals surface area (Å²) in [7, 11) is 3.16. The smallest absolute Gasteiger partial charge is 0.205 e. The quantitative estimate of drug-likeness (QED) is 0.833. The molecule has 0 saturated carbocycles. The van der Waals surface area contributed by atoms with Crippen LogP contribution in [0.3, 0.4) is 0 Å². The Hall–Kier alpha value is -3.72. The van der Waals surface area contributed by atoms with Crippen LogP contribution in [0, 0.1) is 11.3 Å². The molecule has 0 fully saturated rings. The summed E-state index contributed by atoms with van der Waals surface area (Å²) in [5.74, 6) is 1.22. The zero-order valence-electron chi connectivity index (χ0n) is 16.8. The minimum absolute atomic E-state index is 0.0369. The highest BCUT2D eigenvalue weighted by Gasteiger charge is 2.40. The van der Waals surface area contributed by atoms with Gasteiger partial charge in [0.25, 0.3) is 0 Å². The molecule has 152 valence electrons. The van der Waals surface area contributed by atoms with Crippen molar-refractivity contribution in [3.63, 3.8) is 0 Å². The summed E-state index contributed by atoms with van der Waals surface area (Å²) in [5, 5.41) is 9.68. The number of carbonyl (C=O) groups excluding carboxylic acids is 1. The first kappa shape index (κ1) is 19.6. The number of hydrogen-bond acceptors (Lipinski definition) is 6. The van der Waals surface area contributed by atoms with E-state index in [0.717, 1.165) is 11.1 Å². The van der Waals surface area contributed by atoms with Crippen LogP contribution in [0.15, 0.2) is 71.3 Å². The summed E-state index contributed by atoms with van der Waals surface area (Å²) >= 11 is 0. The topological polar surface area (TPSA) is 94.6 Å². The number of rotatable bonds is 4. The molecule has 1 aliphatic heterocycles. The van der Waals surface area contributed by atoms with Crippen LogP contribution in [0.4, 0.5) is 0 Å². The maximum atomic E-state index is 13.3. The van der Waals surface area contributed by atoms with Gasteiger partial charge in [-0.3, -0.25) is 4.79 Å². The van der Waals surface area contributed by atoms with Gasteiger partial charge in [-0.25, -0.2) is 0 Å². The first-order valence-electron chi connectivity index (χ1n) is 9.68. The summed E-state index contributed by atoms with van der Waals surface area (Å²) in [5.41, 5.74) is 8.71. The van der Waals surface area contributed by atoms with E-state index in [1.54, 1.807) is 14.2 Å². The average molecular weight is 402 g/mol. The zero-order chi connectivity index (χ0) is 21.3. The van der Waals surface area contributed by atoms with E-state index in [4.69, 9.17) is 19.9 Å². The lowest BCUT2D eigenvalue weighted by atomic mass is 9.73. The van der Waals surface area contributed by atoms with Crippen LogP contribution in [0.5, 0.6) is 11.5 Å². The highest BCUT2D eigenvalue weighted by Crippen LogP contribution is 2.47. The van der Waals surface area contributed by atoms with E-state index in [1.807, 2.05) is 48.5 Å². The molecule has 1 heterocycles. The summed E-state index contributed by atoms with van der Waals surface area (Å²) in [6.45, 7) is 0. The molecule has 0 unspecified atom stereocenters. The van der Waals surface area contributed by atoms with Gasteiger partial charge in [0.1, 0.15) is 17.4 Å². The number of benzene rings is 2. The minimum Gasteiger partial charge on any atom is -0.493 e. The lowest BCUT2D eigenvalue weighted by Crippen LogP contribution is -2.29. The third kappa shape index (κ3) is 3.29. The third-order valence-corrected chi connectivity index (χ3v) is 5.67. The van der Waals surface area contributed by atoms with Gasteiger partial charge in [0.15, 0.2) is 17.3 Å². The van der Waals surface area contributed by atoms with E-state index in [0.29, 0.717) is 35.7 Å². The number of nitriles is 1. The fourth-order valence-electron chi connectivity index (χ4n) is 4.23. The number of methoxy groups -OCH3 is 2. The van der Waals surface area contributed by atoms with Crippen LogP contribution in [0.2, 0.25) is 0 Å². The minimum atomic E-state index is -0.501. The standard InChI is InChI=1S/C24H22N2O4/c1-28-19-9-8-15(11-20(19)29-2)16-10-18(27)23-21(12-16)30-24(26)17(13-25)22(23)14-6-4-3-5-7-14/h3-9,11,16,22H,10,12,26H2,1-2H3/t16-,22+/m0/s1. The number of ether oxygens (including phenoxy) is 3. The summed E-state index contributed by atoms with van der Waals surface area (Å²) in [6, 6.07) is 17.3. The Morgan fingerprint density at radius 1 is 1.03 bits per heavy atom. The molecule has 0 amide bonds. The van der Waals surface area contributed by atoms with Crippen LogP contribution < -0.4 is 15.2 Å². The van der Waals surface area contributed by atoms with Gasteiger partial charge >= 0.3 is 0 Å². The fourth-order valence-corrected chi connectivity index (χ4v) is 4.23. The Kier molecular flexibility index (Phi) is 5.20. The SMILES string of the molecule is COc1ccc([C@H]2CC(=O)C3=C(C2)OC(N)=C(C#N)[C@H]3c2ccccc2)cc1OC. The number of nitrogens with two attached hydrogens (primary N) is 1. The highest BCUT2D eigenvalue weighted by molar-refractivity contribution is 6.00. The normalized spacial score (nSPS) is 20.9. The van der Waals surface area contributed by atoms with Crippen molar-refractivity contribution < 1.29 is 19.0 Å². The van der Waals surface area contributed by atoms with Crippen molar-refractivity contribution in [3.8, 4) is 17.6 Å². The molecule has 0 aromatic heterocycles. The molecule has 4 rings (SSSR count). The second-order valence-electron chi connectivity index (χ2n) is 7.32. The lowest BCUT2D eigenvalue weighted by molar-refractivity contribution is -0.117. The molecule has 2 aromatic carbocycles. The highest BCUT2D eigenvalue weighted by atomic mass is 16.5. The van der Waals surface area contributed by atoms with E-state index >= 15 is 0 Å². The van der Waals surface area contributed by atoms with E-state index in [-0.39, 0.29) is 23.2 Å². The van der Waals surface area contributed by atoms with Crippen molar-refractivity contribution in [1.82, 2.24) is 0 Å². The third-order valence-electron chi connectivity index (χ3n) is 5.67. The van der Waals surface area contributed by atoms with Crippen LogP contribution in [0.25, 0.3) is 0 Å². The van der Waals surface area contributed by atoms with Crippen molar-refractivity contribution >= 4 is 5.78 Å². The van der Waals surface area contributed by atoms with Crippen molar-refractivity contribution in [2.75, 3.05) is 14.2 Å². The second kappa shape index (κ2) is 7.96. The van der Waals surface area contributed by atoms with Crippen LogP contribution in [-0.2, 0) is 9.53 Å². The number of Topliss-reactive ketones (excluding diaryl/α,β-unsaturated/α-hetero) is 1. The molecule has 6 nitrogen and oxygen atoms in total. The number of carbonyl (C=O) groups is 1.